The maximum absolute atomic E-state index is 9.15. The third kappa shape index (κ3) is 4.87. The Morgan fingerprint density at radius 1 is 1.24 bits per heavy atom. The molecule has 0 radical (unpaired) electrons. The Morgan fingerprint density at radius 2 is 1.76 bits per heavy atom. The van der Waals surface area contributed by atoms with Crippen molar-refractivity contribution >= 4 is 0 Å². The quantitative estimate of drug-likeness (QED) is 0.583. The van der Waals surface area contributed by atoms with E-state index in [9.17, 15) is 0 Å². The van der Waals surface area contributed by atoms with Crippen molar-refractivity contribution in [3.8, 4) is 0 Å². The minimum Gasteiger partial charge on any atom is -0.511 e. The number of rotatable bonds is 6. The summed E-state index contributed by atoms with van der Waals surface area (Å²) in [5.74, 6) is 0.0383. The monoisotopic (exact) mass is 231 g/mol. The maximum Gasteiger partial charge on any atom is 0.102 e. The molecular weight excluding hydrogens is 210 g/mol. The van der Waals surface area contributed by atoms with E-state index in [1.807, 2.05) is 6.92 Å². The van der Waals surface area contributed by atoms with Crippen molar-refractivity contribution < 1.29 is 5.11 Å². The third-order valence-corrected chi connectivity index (χ3v) is 2.75. The SMILES string of the molecule is C=C(C)CCc1ccc(CC(N)C(=C)O)cc1. The molecule has 0 amide bonds. The van der Waals surface area contributed by atoms with Gasteiger partial charge in [0.05, 0.1) is 6.04 Å². The van der Waals surface area contributed by atoms with Gasteiger partial charge in [-0.1, -0.05) is 36.4 Å². The zero-order valence-corrected chi connectivity index (χ0v) is 10.4. The number of hydrogen-bond acceptors (Lipinski definition) is 2. The molecule has 0 heterocycles. The van der Waals surface area contributed by atoms with Gasteiger partial charge in [0.15, 0.2) is 0 Å². The lowest BCUT2D eigenvalue weighted by Crippen LogP contribution is -2.24. The highest BCUT2D eigenvalue weighted by molar-refractivity contribution is 5.24. The van der Waals surface area contributed by atoms with Gasteiger partial charge < -0.3 is 10.8 Å². The second-order valence-corrected chi connectivity index (χ2v) is 4.58. The first kappa shape index (κ1) is 13.5. The Hall–Kier alpha value is -1.54. The number of nitrogens with two attached hydrogens (primary N) is 1. The predicted molar refractivity (Wildman–Crippen MR) is 73.0 cm³/mol. The molecule has 1 unspecified atom stereocenters. The highest BCUT2D eigenvalue weighted by Crippen LogP contribution is 2.11. The van der Waals surface area contributed by atoms with Crippen LogP contribution in [0.1, 0.15) is 24.5 Å². The van der Waals surface area contributed by atoms with Gasteiger partial charge in [0.25, 0.3) is 0 Å². The molecule has 0 spiro atoms. The summed E-state index contributed by atoms with van der Waals surface area (Å²) in [5.41, 5.74) is 9.34. The molecule has 0 saturated carbocycles. The van der Waals surface area contributed by atoms with E-state index in [1.54, 1.807) is 0 Å². The zero-order chi connectivity index (χ0) is 12.8. The van der Waals surface area contributed by atoms with Crippen LogP contribution in [0.4, 0.5) is 0 Å². The fourth-order valence-corrected chi connectivity index (χ4v) is 1.57. The minimum atomic E-state index is -0.378. The summed E-state index contributed by atoms with van der Waals surface area (Å²) in [6, 6.07) is 7.93. The minimum absolute atomic E-state index is 0.0383. The van der Waals surface area contributed by atoms with Gasteiger partial charge in [0, 0.05) is 0 Å². The topological polar surface area (TPSA) is 46.2 Å². The van der Waals surface area contributed by atoms with Gasteiger partial charge in [-0.15, -0.1) is 6.58 Å². The number of aryl methyl sites for hydroxylation is 1. The molecule has 1 aromatic carbocycles. The van der Waals surface area contributed by atoms with E-state index >= 15 is 0 Å². The summed E-state index contributed by atoms with van der Waals surface area (Å²) >= 11 is 0. The predicted octanol–water partition coefficient (Wildman–Crippen LogP) is 3.14. The summed E-state index contributed by atoms with van der Waals surface area (Å²) in [6.45, 7) is 9.37. The van der Waals surface area contributed by atoms with Crippen molar-refractivity contribution in [3.05, 3.63) is 59.9 Å². The second-order valence-electron chi connectivity index (χ2n) is 4.58. The van der Waals surface area contributed by atoms with Crippen LogP contribution in [0.2, 0.25) is 0 Å². The average Bonchev–Trinajstić information content (AvgIpc) is 2.28. The van der Waals surface area contributed by atoms with Gasteiger partial charge in [-0.2, -0.15) is 0 Å². The molecule has 1 rings (SSSR count). The van der Waals surface area contributed by atoms with Crippen LogP contribution < -0.4 is 5.73 Å². The molecule has 0 bridgehead atoms. The molecule has 1 aromatic rings. The van der Waals surface area contributed by atoms with Crippen molar-refractivity contribution in [3.63, 3.8) is 0 Å². The van der Waals surface area contributed by atoms with Crippen molar-refractivity contribution in [1.82, 2.24) is 0 Å². The van der Waals surface area contributed by atoms with E-state index in [1.165, 1.54) is 11.1 Å². The van der Waals surface area contributed by atoms with Gasteiger partial charge in [0.1, 0.15) is 5.76 Å². The Labute approximate surface area is 103 Å². The first-order valence-corrected chi connectivity index (χ1v) is 5.84. The first-order chi connectivity index (χ1) is 7.99. The average molecular weight is 231 g/mol. The van der Waals surface area contributed by atoms with E-state index < -0.39 is 0 Å². The van der Waals surface area contributed by atoms with E-state index in [2.05, 4.69) is 37.4 Å². The van der Waals surface area contributed by atoms with E-state index in [-0.39, 0.29) is 11.8 Å². The van der Waals surface area contributed by atoms with Gasteiger partial charge >= 0.3 is 0 Å². The highest BCUT2D eigenvalue weighted by Gasteiger charge is 2.06. The molecule has 0 aliphatic heterocycles. The van der Waals surface area contributed by atoms with Gasteiger partial charge in [-0.25, -0.2) is 0 Å². The standard InChI is InChI=1S/C15H21NO/c1-11(2)4-5-13-6-8-14(9-7-13)10-15(16)12(3)17/h6-9,15,17H,1,3-5,10,16H2,2H3. The van der Waals surface area contributed by atoms with E-state index in [0.717, 1.165) is 18.4 Å². The Bertz CT molecular complexity index is 392. The van der Waals surface area contributed by atoms with E-state index in [4.69, 9.17) is 10.8 Å². The number of aliphatic hydroxyl groups excluding tert-OH is 1. The highest BCUT2D eigenvalue weighted by atomic mass is 16.3. The van der Waals surface area contributed by atoms with Gasteiger partial charge in [-0.3, -0.25) is 0 Å². The van der Waals surface area contributed by atoms with Crippen LogP contribution in [0, 0.1) is 0 Å². The van der Waals surface area contributed by atoms with Crippen molar-refractivity contribution in [2.75, 3.05) is 0 Å². The molecule has 0 aromatic heterocycles. The van der Waals surface area contributed by atoms with Crippen molar-refractivity contribution in [1.29, 1.82) is 0 Å². The molecule has 3 N–H and O–H groups in total. The van der Waals surface area contributed by atoms with Crippen LogP contribution >= 0.6 is 0 Å². The smallest absolute Gasteiger partial charge is 0.102 e. The molecule has 2 nitrogen and oxygen atoms in total. The lowest BCUT2D eigenvalue weighted by Gasteiger charge is -2.10. The van der Waals surface area contributed by atoms with Crippen LogP contribution in [0.5, 0.6) is 0 Å². The molecule has 2 heteroatoms. The fourth-order valence-electron chi connectivity index (χ4n) is 1.57. The van der Waals surface area contributed by atoms with Crippen LogP contribution in [0.15, 0.2) is 48.8 Å². The summed E-state index contributed by atoms with van der Waals surface area (Å²) in [6.07, 6.45) is 2.66. The lowest BCUT2D eigenvalue weighted by molar-refractivity contribution is 0.368. The summed E-state index contributed by atoms with van der Waals surface area (Å²) in [5, 5.41) is 9.15. The molecule has 0 aliphatic carbocycles. The number of aliphatic hydroxyl groups is 1. The number of benzene rings is 1. The summed E-state index contributed by atoms with van der Waals surface area (Å²) in [4.78, 5) is 0. The van der Waals surface area contributed by atoms with Gasteiger partial charge in [-0.05, 0) is 37.3 Å². The van der Waals surface area contributed by atoms with E-state index in [0.29, 0.717) is 6.42 Å². The molecule has 0 fully saturated rings. The fraction of sp³-hybridized carbons (Fsp3) is 0.333. The molecule has 17 heavy (non-hydrogen) atoms. The van der Waals surface area contributed by atoms with Crippen molar-refractivity contribution in [2.45, 2.75) is 32.2 Å². The Kier molecular flexibility index (Phi) is 4.98. The largest absolute Gasteiger partial charge is 0.511 e. The summed E-state index contributed by atoms with van der Waals surface area (Å²) in [7, 11) is 0. The summed E-state index contributed by atoms with van der Waals surface area (Å²) < 4.78 is 0. The zero-order valence-electron chi connectivity index (χ0n) is 10.4. The number of allylic oxidation sites excluding steroid dienone is 1. The third-order valence-electron chi connectivity index (χ3n) is 2.75. The molecule has 0 aliphatic rings. The van der Waals surface area contributed by atoms with Crippen LogP contribution in [-0.2, 0) is 12.8 Å². The van der Waals surface area contributed by atoms with Gasteiger partial charge in [0.2, 0.25) is 0 Å². The Morgan fingerprint density at radius 3 is 2.24 bits per heavy atom. The van der Waals surface area contributed by atoms with Crippen LogP contribution in [0.3, 0.4) is 0 Å². The normalized spacial score (nSPS) is 12.1. The maximum atomic E-state index is 9.15. The second kappa shape index (κ2) is 6.26. The first-order valence-electron chi connectivity index (χ1n) is 5.84. The van der Waals surface area contributed by atoms with Crippen molar-refractivity contribution in [2.24, 2.45) is 5.73 Å². The number of hydrogen-bond donors (Lipinski definition) is 2. The van der Waals surface area contributed by atoms with Crippen LogP contribution in [0.25, 0.3) is 0 Å². The van der Waals surface area contributed by atoms with Crippen LogP contribution in [-0.4, -0.2) is 11.1 Å². The molecular formula is C15H21NO. The Balaban J connectivity index is 2.55. The lowest BCUT2D eigenvalue weighted by atomic mass is 10.0. The molecule has 92 valence electrons. The molecule has 1 atom stereocenters. The molecule has 0 saturated heterocycles.